The van der Waals surface area contributed by atoms with Gasteiger partial charge in [0.1, 0.15) is 6.10 Å². The minimum Gasteiger partial charge on any atom is -0.458 e. The van der Waals surface area contributed by atoms with E-state index in [1.54, 1.807) is 6.92 Å². The molecule has 3 rings (SSSR count). The summed E-state index contributed by atoms with van der Waals surface area (Å²) in [6.07, 6.45) is 6.56. The first-order valence-electron chi connectivity index (χ1n) is 10.5. The Bertz CT molecular complexity index is 626. The number of amides is 1. The van der Waals surface area contributed by atoms with Crippen LogP contribution < -0.4 is 0 Å². The molecule has 6 atom stereocenters. The van der Waals surface area contributed by atoms with Gasteiger partial charge in [-0.1, -0.05) is 19.9 Å². The zero-order valence-corrected chi connectivity index (χ0v) is 17.4. The largest absolute Gasteiger partial charge is 0.458 e. The Balaban J connectivity index is 1.81. The number of aliphatic hydroxyl groups is 1. The molecular formula is C22H35NO4. The SMILES string of the molecule is CC(=O)O[C@@H]1C[C@@]2(O)[C@H](C)CC[C@@H]([C@H](C)CN(C(C)=O)C3CC3)[C@H]2C=C1C. The number of carbonyl (C=O) groups excluding carboxylic acids is 2. The predicted octanol–water partition coefficient (Wildman–Crippen LogP) is 3.31. The number of nitrogens with zero attached hydrogens (tertiary/aromatic N) is 1. The molecule has 3 aliphatic carbocycles. The third kappa shape index (κ3) is 4.08. The van der Waals surface area contributed by atoms with Crippen LogP contribution in [0.3, 0.4) is 0 Å². The number of hydrogen-bond donors (Lipinski definition) is 1. The Morgan fingerprint density at radius 2 is 1.96 bits per heavy atom. The zero-order chi connectivity index (χ0) is 19.9. The molecule has 1 amide bonds. The van der Waals surface area contributed by atoms with Crippen molar-refractivity contribution >= 4 is 11.9 Å². The molecule has 0 radical (unpaired) electrons. The van der Waals surface area contributed by atoms with Crippen LogP contribution in [0.2, 0.25) is 0 Å². The molecule has 5 nitrogen and oxygen atoms in total. The fourth-order valence-corrected chi connectivity index (χ4v) is 5.36. The molecular weight excluding hydrogens is 342 g/mol. The maximum Gasteiger partial charge on any atom is 0.303 e. The van der Waals surface area contributed by atoms with Gasteiger partial charge in [-0.3, -0.25) is 9.59 Å². The first-order chi connectivity index (χ1) is 12.6. The molecule has 0 aromatic carbocycles. The second-order valence-electron chi connectivity index (χ2n) is 9.25. The second kappa shape index (κ2) is 7.57. The lowest BCUT2D eigenvalue weighted by Gasteiger charge is -2.53. The molecule has 0 aromatic heterocycles. The Morgan fingerprint density at radius 3 is 2.52 bits per heavy atom. The van der Waals surface area contributed by atoms with Gasteiger partial charge in [-0.25, -0.2) is 0 Å². The number of fused-ring (bicyclic) bond motifs is 1. The molecule has 2 fully saturated rings. The lowest BCUT2D eigenvalue weighted by atomic mass is 9.57. The van der Waals surface area contributed by atoms with Crippen LogP contribution in [-0.2, 0) is 14.3 Å². The highest BCUT2D eigenvalue weighted by Crippen LogP contribution is 2.51. The Hall–Kier alpha value is -1.36. The Kier molecular flexibility index (Phi) is 5.72. The summed E-state index contributed by atoms with van der Waals surface area (Å²) in [6, 6.07) is 0.420. The van der Waals surface area contributed by atoms with E-state index >= 15 is 0 Å². The van der Waals surface area contributed by atoms with Crippen LogP contribution in [0.5, 0.6) is 0 Å². The van der Waals surface area contributed by atoms with E-state index in [1.807, 2.05) is 11.8 Å². The predicted molar refractivity (Wildman–Crippen MR) is 104 cm³/mol. The maximum atomic E-state index is 12.1. The number of hydrogen-bond acceptors (Lipinski definition) is 4. The van der Waals surface area contributed by atoms with Gasteiger partial charge < -0.3 is 14.7 Å². The molecule has 27 heavy (non-hydrogen) atoms. The van der Waals surface area contributed by atoms with E-state index in [0.29, 0.717) is 24.3 Å². The van der Waals surface area contributed by atoms with Crippen molar-refractivity contribution in [3.05, 3.63) is 11.6 Å². The summed E-state index contributed by atoms with van der Waals surface area (Å²) in [7, 11) is 0. The third-order valence-electron chi connectivity index (χ3n) is 7.20. The average molecular weight is 378 g/mol. The molecule has 0 aromatic rings. The van der Waals surface area contributed by atoms with Gasteiger partial charge in [0.15, 0.2) is 0 Å². The van der Waals surface area contributed by atoms with Crippen molar-refractivity contribution in [3.63, 3.8) is 0 Å². The molecule has 0 bridgehead atoms. The minimum absolute atomic E-state index is 0.0519. The summed E-state index contributed by atoms with van der Waals surface area (Å²) >= 11 is 0. The van der Waals surface area contributed by atoms with Gasteiger partial charge in [-0.2, -0.15) is 0 Å². The van der Waals surface area contributed by atoms with Crippen LogP contribution >= 0.6 is 0 Å². The standard InChI is InChI=1S/C22H35NO4/c1-13-10-20-19(14(2)12-23(16(4)24)18-7-8-18)9-6-15(3)22(20,26)11-21(13)27-17(5)25/h10,14-15,18-21,26H,6-9,11-12H2,1-5H3/t14-,15-,19+,20-,21-,22-/m1/s1. The highest BCUT2D eigenvalue weighted by atomic mass is 16.5. The number of esters is 1. The zero-order valence-electron chi connectivity index (χ0n) is 17.4. The summed E-state index contributed by atoms with van der Waals surface area (Å²) in [6.45, 7) is 10.2. The summed E-state index contributed by atoms with van der Waals surface area (Å²) in [5.74, 6) is 0.739. The van der Waals surface area contributed by atoms with Crippen LogP contribution in [0.15, 0.2) is 11.6 Å². The molecule has 0 saturated heterocycles. The first-order valence-corrected chi connectivity index (χ1v) is 10.5. The van der Waals surface area contributed by atoms with Crippen LogP contribution in [0.25, 0.3) is 0 Å². The van der Waals surface area contributed by atoms with Gasteiger partial charge in [0.25, 0.3) is 0 Å². The molecule has 0 heterocycles. The summed E-state index contributed by atoms with van der Waals surface area (Å²) in [5, 5.41) is 11.6. The molecule has 152 valence electrons. The highest BCUT2D eigenvalue weighted by Gasteiger charge is 2.53. The molecule has 2 saturated carbocycles. The smallest absolute Gasteiger partial charge is 0.303 e. The molecule has 0 spiro atoms. The summed E-state index contributed by atoms with van der Waals surface area (Å²) in [4.78, 5) is 25.5. The lowest BCUT2D eigenvalue weighted by Crippen LogP contribution is -2.56. The normalized spacial score (nSPS) is 37.0. The van der Waals surface area contributed by atoms with Gasteiger partial charge in [0, 0.05) is 38.8 Å². The fraction of sp³-hybridized carbons (Fsp3) is 0.818. The van der Waals surface area contributed by atoms with Crippen LogP contribution in [-0.4, -0.2) is 46.2 Å². The fourth-order valence-electron chi connectivity index (χ4n) is 5.36. The summed E-state index contributed by atoms with van der Waals surface area (Å²) in [5.41, 5.74) is 0.189. The lowest BCUT2D eigenvalue weighted by molar-refractivity contribution is -0.159. The van der Waals surface area contributed by atoms with Gasteiger partial charge in [0.05, 0.1) is 5.60 Å². The van der Waals surface area contributed by atoms with E-state index in [4.69, 9.17) is 4.74 Å². The highest BCUT2D eigenvalue weighted by molar-refractivity contribution is 5.74. The molecule has 0 aliphatic heterocycles. The minimum atomic E-state index is -0.850. The van der Waals surface area contributed by atoms with E-state index in [2.05, 4.69) is 19.9 Å². The quantitative estimate of drug-likeness (QED) is 0.590. The molecule has 1 N–H and O–H groups in total. The Labute approximate surface area is 163 Å². The van der Waals surface area contributed by atoms with E-state index in [0.717, 1.165) is 37.8 Å². The van der Waals surface area contributed by atoms with Crippen LogP contribution in [0, 0.1) is 23.7 Å². The molecule has 3 aliphatic rings. The summed E-state index contributed by atoms with van der Waals surface area (Å²) < 4.78 is 5.48. The molecule has 5 heteroatoms. The Morgan fingerprint density at radius 1 is 1.30 bits per heavy atom. The van der Waals surface area contributed by atoms with Gasteiger partial charge in [-0.15, -0.1) is 0 Å². The monoisotopic (exact) mass is 377 g/mol. The number of carbonyl (C=O) groups is 2. The van der Waals surface area contributed by atoms with E-state index < -0.39 is 5.60 Å². The average Bonchev–Trinajstić information content (AvgIpc) is 3.39. The van der Waals surface area contributed by atoms with Crippen molar-refractivity contribution in [3.8, 4) is 0 Å². The third-order valence-corrected chi connectivity index (χ3v) is 7.20. The maximum absolute atomic E-state index is 12.1. The van der Waals surface area contributed by atoms with E-state index in [-0.39, 0.29) is 29.8 Å². The topological polar surface area (TPSA) is 66.8 Å². The van der Waals surface area contributed by atoms with E-state index in [9.17, 15) is 14.7 Å². The van der Waals surface area contributed by atoms with Gasteiger partial charge in [-0.05, 0) is 55.9 Å². The van der Waals surface area contributed by atoms with Gasteiger partial charge in [0.2, 0.25) is 5.91 Å². The van der Waals surface area contributed by atoms with Crippen LogP contribution in [0.4, 0.5) is 0 Å². The van der Waals surface area contributed by atoms with Crippen molar-refractivity contribution in [2.24, 2.45) is 23.7 Å². The second-order valence-corrected chi connectivity index (χ2v) is 9.25. The molecule has 0 unspecified atom stereocenters. The van der Waals surface area contributed by atoms with Crippen molar-refractivity contribution < 1.29 is 19.4 Å². The number of ether oxygens (including phenoxy) is 1. The number of rotatable bonds is 5. The van der Waals surface area contributed by atoms with E-state index in [1.165, 1.54) is 6.92 Å². The first kappa shape index (κ1) is 20.4. The van der Waals surface area contributed by atoms with Crippen molar-refractivity contribution in [2.45, 2.75) is 84.5 Å². The van der Waals surface area contributed by atoms with Gasteiger partial charge >= 0.3 is 5.97 Å². The van der Waals surface area contributed by atoms with Crippen LogP contribution in [0.1, 0.15) is 66.7 Å². The van der Waals surface area contributed by atoms with Crippen molar-refractivity contribution in [2.75, 3.05) is 6.54 Å². The van der Waals surface area contributed by atoms with Crippen molar-refractivity contribution in [1.29, 1.82) is 0 Å². The van der Waals surface area contributed by atoms with Crippen molar-refractivity contribution in [1.82, 2.24) is 4.90 Å².